The van der Waals surface area contributed by atoms with E-state index in [4.69, 9.17) is 5.73 Å². The van der Waals surface area contributed by atoms with E-state index < -0.39 is 0 Å². The van der Waals surface area contributed by atoms with Gasteiger partial charge in [0.1, 0.15) is 0 Å². The van der Waals surface area contributed by atoms with Crippen LogP contribution in [0.25, 0.3) is 0 Å². The largest absolute Gasteiger partial charge is 0.328 e. The molecule has 1 fully saturated rings. The van der Waals surface area contributed by atoms with Gasteiger partial charge in [-0.25, -0.2) is 0 Å². The number of rotatable bonds is 4. The third kappa shape index (κ3) is 3.12. The van der Waals surface area contributed by atoms with Crippen LogP contribution in [0.15, 0.2) is 30.3 Å². The molecule has 0 spiro atoms. The van der Waals surface area contributed by atoms with Gasteiger partial charge in [-0.1, -0.05) is 30.3 Å². The van der Waals surface area contributed by atoms with Gasteiger partial charge in [0.25, 0.3) is 0 Å². The molecule has 2 heteroatoms. The van der Waals surface area contributed by atoms with Crippen molar-refractivity contribution in [1.29, 1.82) is 0 Å². The lowest BCUT2D eigenvalue weighted by Crippen LogP contribution is -2.49. The van der Waals surface area contributed by atoms with Crippen molar-refractivity contribution in [3.8, 4) is 0 Å². The fourth-order valence-corrected chi connectivity index (χ4v) is 3.12. The smallest absolute Gasteiger partial charge is 0.0207 e. The van der Waals surface area contributed by atoms with Crippen molar-refractivity contribution in [2.75, 3.05) is 14.1 Å². The number of aryl methyl sites for hydroxylation is 1. The highest BCUT2D eigenvalue weighted by Gasteiger charge is 2.35. The first kappa shape index (κ1) is 13.6. The molecule has 1 saturated carbocycles. The zero-order valence-corrected chi connectivity index (χ0v) is 11.7. The highest BCUT2D eigenvalue weighted by Crippen LogP contribution is 2.35. The molecular weight excluding hydrogens is 220 g/mol. The lowest BCUT2D eigenvalue weighted by atomic mass is 9.75. The highest BCUT2D eigenvalue weighted by molar-refractivity contribution is 5.15. The first-order chi connectivity index (χ1) is 8.62. The summed E-state index contributed by atoms with van der Waals surface area (Å²) in [5, 5.41) is 0. The van der Waals surface area contributed by atoms with E-state index in [1.807, 2.05) is 0 Å². The first-order valence-electron chi connectivity index (χ1n) is 7.09. The Morgan fingerprint density at radius 1 is 1.17 bits per heavy atom. The molecule has 1 aliphatic carbocycles. The topological polar surface area (TPSA) is 29.3 Å². The molecular formula is C16H26N2. The van der Waals surface area contributed by atoms with E-state index in [1.165, 1.54) is 44.1 Å². The summed E-state index contributed by atoms with van der Waals surface area (Å²) in [6.07, 6.45) is 7.26. The fourth-order valence-electron chi connectivity index (χ4n) is 3.12. The molecule has 0 unspecified atom stereocenters. The van der Waals surface area contributed by atoms with Crippen molar-refractivity contribution in [2.45, 2.75) is 50.1 Å². The summed E-state index contributed by atoms with van der Waals surface area (Å²) in [6, 6.07) is 11.2. The first-order valence-corrected chi connectivity index (χ1v) is 7.09. The molecule has 1 aromatic rings. The van der Waals surface area contributed by atoms with Crippen LogP contribution in [0.3, 0.4) is 0 Å². The predicted octanol–water partition coefficient (Wildman–Crippen LogP) is 2.82. The minimum atomic E-state index is 0.367. The molecule has 0 radical (unpaired) electrons. The summed E-state index contributed by atoms with van der Waals surface area (Å²) < 4.78 is 0. The molecule has 18 heavy (non-hydrogen) atoms. The van der Waals surface area contributed by atoms with Gasteiger partial charge in [-0.05, 0) is 58.2 Å². The molecule has 2 rings (SSSR count). The Bertz CT molecular complexity index is 351. The second-order valence-electron chi connectivity index (χ2n) is 5.94. The van der Waals surface area contributed by atoms with E-state index in [1.54, 1.807) is 0 Å². The number of nitrogens with two attached hydrogens (primary N) is 1. The lowest BCUT2D eigenvalue weighted by molar-refractivity contribution is 0.0843. The van der Waals surface area contributed by atoms with Crippen LogP contribution in [-0.2, 0) is 6.42 Å². The van der Waals surface area contributed by atoms with Crippen LogP contribution >= 0.6 is 0 Å². The molecule has 1 aromatic carbocycles. The maximum absolute atomic E-state index is 6.04. The van der Waals surface area contributed by atoms with E-state index >= 15 is 0 Å². The second kappa shape index (κ2) is 5.85. The van der Waals surface area contributed by atoms with Gasteiger partial charge in [-0.15, -0.1) is 0 Å². The monoisotopic (exact) mass is 246 g/mol. The van der Waals surface area contributed by atoms with Gasteiger partial charge in [0.2, 0.25) is 0 Å². The highest BCUT2D eigenvalue weighted by atomic mass is 15.1. The Balaban J connectivity index is 1.99. The zero-order chi connectivity index (χ0) is 13.0. The van der Waals surface area contributed by atoms with Gasteiger partial charge in [-0.3, -0.25) is 0 Å². The van der Waals surface area contributed by atoms with Crippen molar-refractivity contribution in [1.82, 2.24) is 4.90 Å². The van der Waals surface area contributed by atoms with Crippen LogP contribution in [0, 0.1) is 0 Å². The maximum Gasteiger partial charge on any atom is 0.0207 e. The summed E-state index contributed by atoms with van der Waals surface area (Å²) in [6.45, 7) is 0. The quantitative estimate of drug-likeness (QED) is 0.885. The molecule has 0 aliphatic heterocycles. The molecule has 1 aliphatic rings. The average molecular weight is 246 g/mol. The zero-order valence-electron chi connectivity index (χ0n) is 11.7. The van der Waals surface area contributed by atoms with Crippen molar-refractivity contribution < 1.29 is 0 Å². The van der Waals surface area contributed by atoms with Crippen LogP contribution in [-0.4, -0.2) is 30.6 Å². The normalized spacial score (nSPS) is 28.6. The summed E-state index contributed by atoms with van der Waals surface area (Å²) in [5.74, 6) is 0. The third-order valence-electron chi connectivity index (χ3n) is 4.63. The van der Waals surface area contributed by atoms with Crippen molar-refractivity contribution in [3.05, 3.63) is 35.9 Å². The van der Waals surface area contributed by atoms with Crippen LogP contribution in [0.4, 0.5) is 0 Å². The Morgan fingerprint density at radius 3 is 2.33 bits per heavy atom. The SMILES string of the molecule is CN(C)C1(CCc2ccccc2)CCC(N)CC1. The predicted molar refractivity (Wildman–Crippen MR) is 77.6 cm³/mol. The van der Waals surface area contributed by atoms with Crippen LogP contribution in [0.1, 0.15) is 37.7 Å². The molecule has 100 valence electrons. The van der Waals surface area contributed by atoms with Crippen LogP contribution in [0.5, 0.6) is 0 Å². The number of nitrogens with zero attached hydrogens (tertiary/aromatic N) is 1. The summed E-state index contributed by atoms with van der Waals surface area (Å²) in [7, 11) is 4.45. The Kier molecular flexibility index (Phi) is 4.41. The number of hydrogen-bond acceptors (Lipinski definition) is 2. The fraction of sp³-hybridized carbons (Fsp3) is 0.625. The summed E-state index contributed by atoms with van der Waals surface area (Å²) >= 11 is 0. The molecule has 0 atom stereocenters. The maximum atomic E-state index is 6.04. The minimum Gasteiger partial charge on any atom is -0.328 e. The van der Waals surface area contributed by atoms with Gasteiger partial charge in [0.15, 0.2) is 0 Å². The number of benzene rings is 1. The van der Waals surface area contributed by atoms with E-state index in [0.717, 1.165) is 0 Å². The molecule has 0 heterocycles. The minimum absolute atomic E-state index is 0.367. The van der Waals surface area contributed by atoms with Crippen molar-refractivity contribution >= 4 is 0 Å². The molecule has 0 aromatic heterocycles. The standard InChI is InChI=1S/C16H26N2/c1-18(2)16(12-9-15(17)10-13-16)11-8-14-6-4-3-5-7-14/h3-7,15H,8-13,17H2,1-2H3. The second-order valence-corrected chi connectivity index (χ2v) is 5.94. The van der Waals surface area contributed by atoms with Gasteiger partial charge in [0.05, 0.1) is 0 Å². The third-order valence-corrected chi connectivity index (χ3v) is 4.63. The van der Waals surface area contributed by atoms with Gasteiger partial charge < -0.3 is 10.6 Å². The average Bonchev–Trinajstić information content (AvgIpc) is 2.39. The van der Waals surface area contributed by atoms with Gasteiger partial charge in [-0.2, -0.15) is 0 Å². The van der Waals surface area contributed by atoms with Crippen molar-refractivity contribution in [2.24, 2.45) is 5.73 Å². The van der Waals surface area contributed by atoms with E-state index in [9.17, 15) is 0 Å². The van der Waals surface area contributed by atoms with E-state index in [2.05, 4.69) is 49.3 Å². The number of hydrogen-bond donors (Lipinski definition) is 1. The summed E-state index contributed by atoms with van der Waals surface area (Å²) in [4.78, 5) is 2.43. The van der Waals surface area contributed by atoms with Crippen molar-refractivity contribution in [3.63, 3.8) is 0 Å². The van der Waals surface area contributed by atoms with Gasteiger partial charge >= 0.3 is 0 Å². The van der Waals surface area contributed by atoms with Crippen LogP contribution in [0.2, 0.25) is 0 Å². The Labute approximate surface area is 111 Å². The van der Waals surface area contributed by atoms with E-state index in [-0.39, 0.29) is 0 Å². The van der Waals surface area contributed by atoms with E-state index in [0.29, 0.717) is 11.6 Å². The molecule has 0 bridgehead atoms. The lowest BCUT2D eigenvalue weighted by Gasteiger charge is -2.45. The summed E-state index contributed by atoms with van der Waals surface area (Å²) in [5.41, 5.74) is 7.86. The van der Waals surface area contributed by atoms with Gasteiger partial charge in [0, 0.05) is 11.6 Å². The Hall–Kier alpha value is -0.860. The molecule has 0 saturated heterocycles. The van der Waals surface area contributed by atoms with Crippen LogP contribution < -0.4 is 5.73 Å². The Morgan fingerprint density at radius 2 is 1.78 bits per heavy atom. The molecule has 2 nitrogen and oxygen atoms in total. The molecule has 0 amide bonds. The molecule has 2 N–H and O–H groups in total.